The molecular weight excluding hydrogens is 527 g/mol. The van der Waals surface area contributed by atoms with Gasteiger partial charge >= 0.3 is 0 Å². The number of benzene rings is 1. The minimum atomic E-state index is -3.93. The van der Waals surface area contributed by atoms with Crippen LogP contribution in [0.1, 0.15) is 19.3 Å². The highest BCUT2D eigenvalue weighted by molar-refractivity contribution is 14.1. The monoisotopic (exact) mass is 546 g/mol. The fraction of sp³-hybridized carbons (Fsp3) is 0.368. The Morgan fingerprint density at radius 2 is 1.97 bits per heavy atom. The van der Waals surface area contributed by atoms with Gasteiger partial charge in [0, 0.05) is 16.7 Å². The Morgan fingerprint density at radius 3 is 2.59 bits per heavy atom. The summed E-state index contributed by atoms with van der Waals surface area (Å²) in [7, 11) is -3.93. The van der Waals surface area contributed by atoms with Crippen molar-refractivity contribution >= 4 is 61.5 Å². The van der Waals surface area contributed by atoms with Crippen molar-refractivity contribution in [2.75, 3.05) is 18.1 Å². The van der Waals surface area contributed by atoms with Gasteiger partial charge in [0.2, 0.25) is 5.91 Å². The molecule has 0 bridgehead atoms. The molecule has 2 aliphatic rings. The van der Waals surface area contributed by atoms with Crippen molar-refractivity contribution in [2.45, 2.75) is 35.6 Å². The third-order valence-electron chi connectivity index (χ3n) is 5.02. The zero-order valence-electron chi connectivity index (χ0n) is 15.4. The molecule has 2 amide bonds. The zero-order chi connectivity index (χ0) is 20.6. The number of carbonyl (C=O) groups excluding carboxylic acids is 2. The van der Waals surface area contributed by atoms with Crippen LogP contribution in [0.4, 0.5) is 5.69 Å². The van der Waals surface area contributed by atoms with Crippen LogP contribution < -0.4 is 4.90 Å². The minimum Gasteiger partial charge on any atom is -0.377 e. The van der Waals surface area contributed by atoms with Crippen LogP contribution in [0.3, 0.4) is 0 Å². The van der Waals surface area contributed by atoms with Crippen LogP contribution in [0.5, 0.6) is 0 Å². The third-order valence-corrected chi connectivity index (χ3v) is 8.99. The molecule has 0 radical (unpaired) electrons. The molecule has 1 aromatic heterocycles. The smallest absolute Gasteiger partial charge is 0.253 e. The average molecular weight is 546 g/mol. The molecule has 2 fully saturated rings. The lowest BCUT2D eigenvalue weighted by Crippen LogP contribution is -2.48. The number of imide groups is 1. The Balaban J connectivity index is 1.68. The third kappa shape index (κ3) is 4.13. The molecule has 3 heterocycles. The highest BCUT2D eigenvalue weighted by Crippen LogP contribution is 2.32. The number of rotatable bonds is 6. The van der Waals surface area contributed by atoms with Crippen LogP contribution in [-0.2, 0) is 24.3 Å². The summed E-state index contributed by atoms with van der Waals surface area (Å²) in [6.45, 7) is 0.633. The molecule has 2 aromatic rings. The lowest BCUT2D eigenvalue weighted by Gasteiger charge is -2.28. The SMILES string of the molecule is O=C1CC(N(CC2CCCO2)S(=O)(=O)c2cccs2)C(=O)N1c1ccc(I)cc1. The van der Waals surface area contributed by atoms with E-state index in [1.165, 1.54) is 10.4 Å². The summed E-state index contributed by atoms with van der Waals surface area (Å²) in [6.07, 6.45) is 1.12. The molecule has 29 heavy (non-hydrogen) atoms. The number of hydrogen-bond acceptors (Lipinski definition) is 6. The number of ether oxygens (including phenoxy) is 1. The molecule has 4 rings (SSSR count). The van der Waals surface area contributed by atoms with Gasteiger partial charge in [-0.05, 0) is 71.1 Å². The van der Waals surface area contributed by atoms with Crippen LogP contribution in [0, 0.1) is 3.57 Å². The number of carbonyl (C=O) groups is 2. The van der Waals surface area contributed by atoms with Crippen LogP contribution >= 0.6 is 33.9 Å². The van der Waals surface area contributed by atoms with Crippen LogP contribution in [0.25, 0.3) is 0 Å². The normalized spacial score (nSPS) is 22.8. The van der Waals surface area contributed by atoms with E-state index in [4.69, 9.17) is 4.74 Å². The van der Waals surface area contributed by atoms with Gasteiger partial charge in [0.05, 0.1) is 18.2 Å². The van der Waals surface area contributed by atoms with E-state index in [1.54, 1.807) is 35.7 Å². The van der Waals surface area contributed by atoms with E-state index in [9.17, 15) is 18.0 Å². The minimum absolute atomic E-state index is 0.0600. The van der Waals surface area contributed by atoms with Crippen molar-refractivity contribution in [2.24, 2.45) is 0 Å². The Labute approximate surface area is 186 Å². The van der Waals surface area contributed by atoms with Gasteiger partial charge in [-0.1, -0.05) is 6.07 Å². The zero-order valence-corrected chi connectivity index (χ0v) is 19.2. The molecule has 10 heteroatoms. The van der Waals surface area contributed by atoms with Crippen molar-refractivity contribution in [1.29, 1.82) is 0 Å². The predicted molar refractivity (Wildman–Crippen MR) is 117 cm³/mol. The molecular formula is C19H19IN2O5S2. The molecule has 0 aliphatic carbocycles. The number of halogens is 1. The Morgan fingerprint density at radius 1 is 1.21 bits per heavy atom. The van der Waals surface area contributed by atoms with Crippen molar-refractivity contribution in [3.63, 3.8) is 0 Å². The lowest BCUT2D eigenvalue weighted by atomic mass is 10.2. The first-order chi connectivity index (χ1) is 13.9. The molecule has 0 spiro atoms. The second-order valence-corrected chi connectivity index (χ2v) is 11.2. The Kier molecular flexibility index (Phi) is 6.07. The van der Waals surface area contributed by atoms with E-state index < -0.39 is 27.9 Å². The fourth-order valence-corrected chi connectivity index (χ4v) is 6.70. The van der Waals surface area contributed by atoms with Crippen molar-refractivity contribution in [1.82, 2.24) is 4.31 Å². The standard InChI is InChI=1S/C19H19IN2O5S2/c20-13-5-7-14(8-6-13)22-17(23)11-16(19(22)24)21(12-15-3-1-9-27-15)29(25,26)18-4-2-10-28-18/h2,4-8,10,15-16H,1,3,9,11-12H2. The highest BCUT2D eigenvalue weighted by atomic mass is 127. The molecule has 7 nitrogen and oxygen atoms in total. The first-order valence-electron chi connectivity index (χ1n) is 9.17. The summed E-state index contributed by atoms with van der Waals surface area (Å²) < 4.78 is 34.5. The topological polar surface area (TPSA) is 84.0 Å². The van der Waals surface area contributed by atoms with Gasteiger partial charge in [-0.15, -0.1) is 11.3 Å². The van der Waals surface area contributed by atoms with Crippen molar-refractivity contribution in [3.8, 4) is 0 Å². The quantitative estimate of drug-likeness (QED) is 0.411. The highest BCUT2D eigenvalue weighted by Gasteiger charge is 2.48. The number of nitrogens with zero attached hydrogens (tertiary/aromatic N) is 2. The van der Waals surface area contributed by atoms with Gasteiger partial charge in [0.1, 0.15) is 10.3 Å². The van der Waals surface area contributed by atoms with E-state index in [0.717, 1.165) is 32.6 Å². The molecule has 154 valence electrons. The summed E-state index contributed by atoms with van der Waals surface area (Å²) in [5, 5.41) is 1.68. The molecule has 2 unspecified atom stereocenters. The lowest BCUT2D eigenvalue weighted by molar-refractivity contribution is -0.122. The van der Waals surface area contributed by atoms with Gasteiger partial charge in [0.25, 0.3) is 15.9 Å². The van der Waals surface area contributed by atoms with E-state index >= 15 is 0 Å². The molecule has 2 aliphatic heterocycles. The van der Waals surface area contributed by atoms with Crippen LogP contribution in [0.15, 0.2) is 46.0 Å². The molecule has 1 aromatic carbocycles. The second-order valence-electron chi connectivity index (χ2n) is 6.91. The molecule has 0 N–H and O–H groups in total. The van der Waals surface area contributed by atoms with E-state index in [-0.39, 0.29) is 23.3 Å². The number of anilines is 1. The van der Waals surface area contributed by atoms with Crippen molar-refractivity contribution in [3.05, 3.63) is 45.3 Å². The van der Waals surface area contributed by atoms with Gasteiger partial charge in [-0.2, -0.15) is 4.31 Å². The molecule has 0 saturated carbocycles. The Hall–Kier alpha value is -1.34. The average Bonchev–Trinajstić information content (AvgIpc) is 3.43. The first-order valence-corrected chi connectivity index (χ1v) is 12.6. The van der Waals surface area contributed by atoms with E-state index in [1.807, 2.05) is 0 Å². The van der Waals surface area contributed by atoms with Crippen LogP contribution in [0.2, 0.25) is 0 Å². The first kappa shape index (κ1) is 20.9. The molecule has 2 atom stereocenters. The predicted octanol–water partition coefficient (Wildman–Crippen LogP) is 2.85. The fourth-order valence-electron chi connectivity index (χ4n) is 3.61. The number of amides is 2. The summed E-state index contributed by atoms with van der Waals surface area (Å²) in [4.78, 5) is 27.0. The maximum atomic E-state index is 13.3. The van der Waals surface area contributed by atoms with Gasteiger partial charge in [0.15, 0.2) is 0 Å². The van der Waals surface area contributed by atoms with Crippen molar-refractivity contribution < 1.29 is 22.7 Å². The summed E-state index contributed by atoms with van der Waals surface area (Å²) in [5.74, 6) is -0.922. The number of thiophene rings is 1. The Bertz CT molecular complexity index is 1000. The van der Waals surface area contributed by atoms with E-state index in [2.05, 4.69) is 22.6 Å². The van der Waals surface area contributed by atoms with Gasteiger partial charge in [-0.25, -0.2) is 13.3 Å². The summed E-state index contributed by atoms with van der Waals surface area (Å²) in [6, 6.07) is 9.09. The maximum Gasteiger partial charge on any atom is 0.253 e. The van der Waals surface area contributed by atoms with Gasteiger partial charge < -0.3 is 4.74 Å². The van der Waals surface area contributed by atoms with Crippen LogP contribution in [-0.4, -0.2) is 49.8 Å². The summed E-state index contributed by atoms with van der Waals surface area (Å²) >= 11 is 3.23. The molecule has 2 saturated heterocycles. The number of sulfonamides is 1. The van der Waals surface area contributed by atoms with E-state index in [0.29, 0.717) is 12.3 Å². The second kappa shape index (κ2) is 8.42. The van der Waals surface area contributed by atoms with Gasteiger partial charge in [-0.3, -0.25) is 9.59 Å². The maximum absolute atomic E-state index is 13.3. The summed E-state index contributed by atoms with van der Waals surface area (Å²) in [5.41, 5.74) is 0.452. The largest absolute Gasteiger partial charge is 0.377 e. The number of hydrogen-bond donors (Lipinski definition) is 0.